The molecule has 0 saturated carbocycles. The molecule has 9 heteroatoms. The van der Waals surface area contributed by atoms with Gasteiger partial charge < -0.3 is 9.47 Å². The van der Waals surface area contributed by atoms with Gasteiger partial charge in [0.1, 0.15) is 0 Å². The molecule has 156 valence electrons. The summed E-state index contributed by atoms with van der Waals surface area (Å²) < 4.78 is 9.64. The first-order chi connectivity index (χ1) is 14.5. The third kappa shape index (κ3) is 5.38. The predicted octanol–water partition coefficient (Wildman–Crippen LogP) is 4.11. The number of hydrogen-bond donors (Lipinski definition) is 1. The molecule has 1 N–H and O–H groups in total. The number of esters is 1. The summed E-state index contributed by atoms with van der Waals surface area (Å²) in [5.74, 6) is -0.0236. The fourth-order valence-corrected chi connectivity index (χ4v) is 3.55. The Bertz CT molecular complexity index is 992. The summed E-state index contributed by atoms with van der Waals surface area (Å²) in [5, 5.41) is 8.33. The molecular weight excluding hydrogens is 406 g/mol. The topological polar surface area (TPSA) is 97.3 Å². The quantitative estimate of drug-likeness (QED) is 0.697. The molecule has 0 spiro atoms. The lowest BCUT2D eigenvalue weighted by molar-refractivity contribution is 0.0600. The minimum absolute atomic E-state index is 0.174. The number of rotatable bonds is 6. The van der Waals surface area contributed by atoms with Crippen molar-refractivity contribution in [1.29, 1.82) is 0 Å². The van der Waals surface area contributed by atoms with Crippen LogP contribution in [0.1, 0.15) is 28.4 Å². The van der Waals surface area contributed by atoms with Crippen molar-refractivity contribution in [3.8, 4) is 0 Å². The van der Waals surface area contributed by atoms with Crippen molar-refractivity contribution >= 4 is 40.5 Å². The molecule has 0 unspecified atom stereocenters. The predicted molar refractivity (Wildman–Crippen MR) is 115 cm³/mol. The van der Waals surface area contributed by atoms with Crippen molar-refractivity contribution in [3.63, 3.8) is 0 Å². The Morgan fingerprint density at radius 2 is 2.00 bits per heavy atom. The largest absolute Gasteiger partial charge is 0.465 e. The van der Waals surface area contributed by atoms with Crippen molar-refractivity contribution in [2.75, 3.05) is 24.8 Å². The van der Waals surface area contributed by atoms with Crippen molar-refractivity contribution in [2.24, 2.45) is 5.10 Å². The molecule has 0 aliphatic carbocycles. The van der Waals surface area contributed by atoms with E-state index in [9.17, 15) is 14.4 Å². The molecule has 3 rings (SSSR count). The molecule has 1 heterocycles. The maximum absolute atomic E-state index is 12.4. The van der Waals surface area contributed by atoms with Gasteiger partial charge in [0.2, 0.25) is 0 Å². The van der Waals surface area contributed by atoms with Gasteiger partial charge in [-0.15, -0.1) is 0 Å². The third-order valence-electron chi connectivity index (χ3n) is 4.18. The van der Waals surface area contributed by atoms with Crippen LogP contribution in [0.25, 0.3) is 0 Å². The van der Waals surface area contributed by atoms with Gasteiger partial charge in [-0.3, -0.25) is 10.1 Å². The van der Waals surface area contributed by atoms with Gasteiger partial charge >= 0.3 is 17.3 Å². The summed E-state index contributed by atoms with van der Waals surface area (Å²) in [5.41, 5.74) is 3.22. The number of nitrogens with one attached hydrogen (secondary N) is 1. The second kappa shape index (κ2) is 9.93. The highest BCUT2D eigenvalue weighted by Gasteiger charge is 2.23. The van der Waals surface area contributed by atoms with E-state index in [1.807, 2.05) is 12.1 Å². The van der Waals surface area contributed by atoms with Crippen LogP contribution < -0.4 is 5.32 Å². The number of methoxy groups -OCH3 is 1. The second-order valence-electron chi connectivity index (χ2n) is 6.28. The fraction of sp³-hybridized carbons (Fsp3) is 0.238. The smallest absolute Gasteiger partial charge is 0.411 e. The van der Waals surface area contributed by atoms with Gasteiger partial charge in [-0.1, -0.05) is 36.0 Å². The van der Waals surface area contributed by atoms with E-state index in [0.717, 1.165) is 22.9 Å². The maximum atomic E-state index is 12.4. The van der Waals surface area contributed by atoms with E-state index in [4.69, 9.17) is 9.47 Å². The first kappa shape index (κ1) is 21.4. The number of anilines is 1. The van der Waals surface area contributed by atoms with Crippen LogP contribution in [0, 0.1) is 0 Å². The molecule has 0 bridgehead atoms. The normalized spacial score (nSPS) is 13.5. The zero-order valence-electron chi connectivity index (χ0n) is 16.6. The van der Waals surface area contributed by atoms with Crippen LogP contribution >= 0.6 is 11.8 Å². The minimum atomic E-state index is -0.537. The molecule has 2 aromatic rings. The molecular formula is C21H21N3O5S. The van der Waals surface area contributed by atoms with Crippen LogP contribution in [0.4, 0.5) is 15.3 Å². The van der Waals surface area contributed by atoms with Crippen LogP contribution in [-0.2, 0) is 16.0 Å². The zero-order chi connectivity index (χ0) is 21.5. The number of thioether (sulfide) groups is 1. The summed E-state index contributed by atoms with van der Waals surface area (Å²) in [6, 6.07) is 14.1. The van der Waals surface area contributed by atoms with Crippen molar-refractivity contribution in [3.05, 3.63) is 65.2 Å². The number of hydrazone groups is 1. The van der Waals surface area contributed by atoms with Crippen LogP contribution in [0.15, 0.2) is 53.6 Å². The van der Waals surface area contributed by atoms with Crippen LogP contribution in [0.5, 0.6) is 0 Å². The van der Waals surface area contributed by atoms with Gasteiger partial charge in [-0.2, -0.15) is 5.10 Å². The molecule has 2 amide bonds. The molecule has 0 atom stereocenters. The Kier molecular flexibility index (Phi) is 7.08. The number of nitrogens with zero attached hydrogens (tertiary/aromatic N) is 2. The Hall–Kier alpha value is -3.33. The number of ether oxygens (including phenoxy) is 2. The molecule has 1 aliphatic rings. The summed E-state index contributed by atoms with van der Waals surface area (Å²) in [6.07, 6.45) is -0.537. The Balaban J connectivity index is 1.78. The Labute approximate surface area is 178 Å². The molecule has 0 aromatic heterocycles. The van der Waals surface area contributed by atoms with E-state index in [2.05, 4.69) is 10.4 Å². The Morgan fingerprint density at radius 3 is 2.77 bits per heavy atom. The highest BCUT2D eigenvalue weighted by atomic mass is 32.2. The molecule has 30 heavy (non-hydrogen) atoms. The van der Waals surface area contributed by atoms with Crippen LogP contribution in [0.2, 0.25) is 0 Å². The number of hydrogen-bond acceptors (Lipinski definition) is 7. The number of carbonyl (C=O) groups excluding carboxylic acids is 3. The molecule has 0 fully saturated rings. The van der Waals surface area contributed by atoms with E-state index in [1.165, 1.54) is 12.1 Å². The van der Waals surface area contributed by atoms with E-state index >= 15 is 0 Å². The highest BCUT2D eigenvalue weighted by molar-refractivity contribution is 8.14. The van der Waals surface area contributed by atoms with E-state index in [1.54, 1.807) is 43.3 Å². The third-order valence-corrected chi connectivity index (χ3v) is 5.06. The van der Waals surface area contributed by atoms with Crippen molar-refractivity contribution in [1.82, 2.24) is 5.01 Å². The highest BCUT2D eigenvalue weighted by Crippen LogP contribution is 2.23. The molecule has 0 radical (unpaired) electrons. The lowest BCUT2D eigenvalue weighted by atomic mass is 10.1. The molecule has 0 saturated heterocycles. The van der Waals surface area contributed by atoms with E-state index in [-0.39, 0.29) is 18.4 Å². The second-order valence-corrected chi connectivity index (χ2v) is 7.20. The average molecular weight is 427 g/mol. The molecule has 8 nitrogen and oxygen atoms in total. The van der Waals surface area contributed by atoms with Gasteiger partial charge in [0.15, 0.2) is 0 Å². The minimum Gasteiger partial charge on any atom is -0.465 e. The van der Waals surface area contributed by atoms with Crippen LogP contribution in [-0.4, -0.2) is 47.5 Å². The van der Waals surface area contributed by atoms with Crippen molar-refractivity contribution < 1.29 is 23.9 Å². The summed E-state index contributed by atoms with van der Waals surface area (Å²) in [6.45, 7) is 2.25. The SMILES string of the molecule is CCOC(=O)Nc1cccc(CN2N=C(c3cccc(C(=O)OC)c3)CSC2=O)c1. The first-order valence-corrected chi connectivity index (χ1v) is 10.2. The standard InChI is InChI=1S/C21H21N3O5S/c1-3-29-20(26)22-17-9-4-6-14(10-17)12-24-21(27)30-13-18(23-24)15-7-5-8-16(11-15)19(25)28-2/h4-11H,3,12-13H2,1-2H3,(H,22,26). The lowest BCUT2D eigenvalue weighted by Gasteiger charge is -2.23. The lowest BCUT2D eigenvalue weighted by Crippen LogP contribution is -2.29. The van der Waals surface area contributed by atoms with Gasteiger partial charge in [0.25, 0.3) is 0 Å². The summed E-state index contributed by atoms with van der Waals surface area (Å²) >= 11 is 1.14. The monoisotopic (exact) mass is 427 g/mol. The van der Waals surface area contributed by atoms with Gasteiger partial charge in [-0.25, -0.2) is 14.6 Å². The van der Waals surface area contributed by atoms with E-state index < -0.39 is 12.1 Å². The average Bonchev–Trinajstić information content (AvgIpc) is 2.75. The zero-order valence-corrected chi connectivity index (χ0v) is 17.4. The number of carbonyl (C=O) groups is 3. The maximum Gasteiger partial charge on any atom is 0.411 e. The van der Waals surface area contributed by atoms with Crippen LogP contribution in [0.3, 0.4) is 0 Å². The van der Waals surface area contributed by atoms with Gasteiger partial charge in [-0.05, 0) is 42.3 Å². The summed E-state index contributed by atoms with van der Waals surface area (Å²) in [4.78, 5) is 35.8. The summed E-state index contributed by atoms with van der Waals surface area (Å²) in [7, 11) is 1.33. The number of amides is 2. The number of benzene rings is 2. The van der Waals surface area contributed by atoms with Gasteiger partial charge in [0.05, 0.1) is 31.5 Å². The van der Waals surface area contributed by atoms with Gasteiger partial charge in [0, 0.05) is 11.4 Å². The molecule has 1 aliphatic heterocycles. The fourth-order valence-electron chi connectivity index (χ4n) is 2.81. The Morgan fingerprint density at radius 1 is 1.20 bits per heavy atom. The van der Waals surface area contributed by atoms with E-state index in [0.29, 0.717) is 22.7 Å². The molecule has 2 aromatic carbocycles. The first-order valence-electron chi connectivity index (χ1n) is 9.23. The van der Waals surface area contributed by atoms with Crippen molar-refractivity contribution in [2.45, 2.75) is 13.5 Å².